The molecule has 8 nitrogen and oxygen atoms in total. The molecular formula is C18H14F2N6O2. The van der Waals surface area contributed by atoms with Gasteiger partial charge in [0.2, 0.25) is 0 Å². The molecule has 0 amide bonds. The van der Waals surface area contributed by atoms with Crippen molar-refractivity contribution < 1.29 is 19.0 Å². The lowest BCUT2D eigenvalue weighted by Gasteiger charge is -2.15. The van der Waals surface area contributed by atoms with E-state index in [0.29, 0.717) is 11.8 Å². The summed E-state index contributed by atoms with van der Waals surface area (Å²) in [5.74, 6) is -2.40. The summed E-state index contributed by atoms with van der Waals surface area (Å²) in [5, 5.41) is 28.0. The number of nitrogens with zero attached hydrogens (tertiary/aromatic N) is 6. The van der Waals surface area contributed by atoms with Gasteiger partial charge in [-0.25, -0.2) is 18.4 Å². The first-order valence-corrected chi connectivity index (χ1v) is 8.62. The van der Waals surface area contributed by atoms with Gasteiger partial charge < -0.3 is 10.2 Å². The van der Waals surface area contributed by atoms with Crippen molar-refractivity contribution in [1.82, 2.24) is 29.4 Å². The van der Waals surface area contributed by atoms with Gasteiger partial charge in [0, 0.05) is 18.1 Å². The van der Waals surface area contributed by atoms with E-state index in [2.05, 4.69) is 20.3 Å². The Balaban J connectivity index is 1.59. The van der Waals surface area contributed by atoms with E-state index in [4.69, 9.17) is 0 Å². The SMILES string of the molecule is Oc1cc(F)c(-n2cc(C(O)c3c(C4CC4)ncc4cncn34)nn2)cc1F. The van der Waals surface area contributed by atoms with Gasteiger partial charge in [-0.2, -0.15) is 0 Å². The van der Waals surface area contributed by atoms with Crippen molar-refractivity contribution in [2.45, 2.75) is 24.9 Å². The Morgan fingerprint density at radius 3 is 2.75 bits per heavy atom. The maximum atomic E-state index is 14.1. The zero-order valence-electron chi connectivity index (χ0n) is 14.4. The van der Waals surface area contributed by atoms with E-state index in [-0.39, 0.29) is 17.3 Å². The molecule has 3 aromatic heterocycles. The third-order valence-corrected chi connectivity index (χ3v) is 4.80. The van der Waals surface area contributed by atoms with Crippen molar-refractivity contribution >= 4 is 5.52 Å². The van der Waals surface area contributed by atoms with Crippen LogP contribution in [0, 0.1) is 11.6 Å². The summed E-state index contributed by atoms with van der Waals surface area (Å²) in [6.45, 7) is 0. The lowest BCUT2D eigenvalue weighted by molar-refractivity contribution is 0.206. The standard InChI is InChI=1S/C18H14F2N6O2/c19-11-4-15(27)12(20)3-14(11)26-7-13(23-24-26)18(28)17-16(9-1-2-9)22-6-10-5-21-8-25(10)17/h3-9,18,27-28H,1-2H2. The van der Waals surface area contributed by atoms with Crippen molar-refractivity contribution in [2.75, 3.05) is 0 Å². The summed E-state index contributed by atoms with van der Waals surface area (Å²) in [4.78, 5) is 8.57. The van der Waals surface area contributed by atoms with Crippen LogP contribution < -0.4 is 0 Å². The largest absolute Gasteiger partial charge is 0.505 e. The van der Waals surface area contributed by atoms with E-state index >= 15 is 0 Å². The summed E-state index contributed by atoms with van der Waals surface area (Å²) < 4.78 is 30.5. The number of rotatable bonds is 4. The van der Waals surface area contributed by atoms with Crippen molar-refractivity contribution in [3.05, 3.63) is 65.8 Å². The van der Waals surface area contributed by atoms with Crippen molar-refractivity contribution in [3.63, 3.8) is 0 Å². The molecule has 1 fully saturated rings. The second kappa shape index (κ2) is 6.06. The number of fused-ring (bicyclic) bond motifs is 1. The Hall–Kier alpha value is -3.40. The van der Waals surface area contributed by atoms with Gasteiger partial charge in [0.1, 0.15) is 17.5 Å². The molecule has 0 radical (unpaired) electrons. The number of benzene rings is 1. The Morgan fingerprint density at radius 1 is 1.14 bits per heavy atom. The van der Waals surface area contributed by atoms with Gasteiger partial charge >= 0.3 is 0 Å². The molecule has 0 bridgehead atoms. The van der Waals surface area contributed by atoms with E-state index in [1.54, 1.807) is 23.1 Å². The lowest BCUT2D eigenvalue weighted by atomic mass is 10.1. The molecule has 1 aliphatic rings. The van der Waals surface area contributed by atoms with Gasteiger partial charge in [0.05, 0.1) is 41.8 Å². The fourth-order valence-corrected chi connectivity index (χ4v) is 3.23. The van der Waals surface area contributed by atoms with Gasteiger partial charge in [-0.1, -0.05) is 5.21 Å². The van der Waals surface area contributed by atoms with Crippen LogP contribution in [0.3, 0.4) is 0 Å². The average Bonchev–Trinajstić information content (AvgIpc) is 3.21. The monoisotopic (exact) mass is 384 g/mol. The minimum Gasteiger partial charge on any atom is -0.505 e. The number of phenolic OH excluding ortho intramolecular Hbond substituents is 1. The van der Waals surface area contributed by atoms with E-state index in [1.807, 2.05) is 0 Å². The van der Waals surface area contributed by atoms with Crippen LogP contribution in [0.4, 0.5) is 8.78 Å². The predicted octanol–water partition coefficient (Wildman–Crippen LogP) is 2.25. The van der Waals surface area contributed by atoms with Gasteiger partial charge in [-0.05, 0) is 12.8 Å². The highest BCUT2D eigenvalue weighted by molar-refractivity contribution is 5.47. The van der Waals surface area contributed by atoms with Crippen LogP contribution in [0.5, 0.6) is 5.75 Å². The summed E-state index contributed by atoms with van der Waals surface area (Å²) in [5.41, 5.74) is 1.93. The van der Waals surface area contributed by atoms with Gasteiger partial charge in [0.25, 0.3) is 0 Å². The molecule has 1 saturated carbocycles. The molecule has 0 spiro atoms. The molecule has 5 rings (SSSR count). The number of aromatic nitrogens is 6. The molecule has 1 aromatic carbocycles. The number of hydrogen-bond acceptors (Lipinski definition) is 6. The van der Waals surface area contributed by atoms with Crippen LogP contribution in [-0.4, -0.2) is 39.6 Å². The summed E-state index contributed by atoms with van der Waals surface area (Å²) in [6.07, 6.45) is 7.01. The number of aromatic hydroxyl groups is 1. The molecule has 0 saturated heterocycles. The molecule has 3 heterocycles. The minimum absolute atomic E-state index is 0.151. The van der Waals surface area contributed by atoms with Crippen LogP contribution in [0.2, 0.25) is 0 Å². The van der Waals surface area contributed by atoms with Crippen LogP contribution in [0.25, 0.3) is 11.2 Å². The van der Waals surface area contributed by atoms with Crippen molar-refractivity contribution in [3.8, 4) is 11.4 Å². The van der Waals surface area contributed by atoms with E-state index < -0.39 is 23.5 Å². The summed E-state index contributed by atoms with van der Waals surface area (Å²) in [7, 11) is 0. The molecule has 28 heavy (non-hydrogen) atoms. The molecule has 10 heteroatoms. The molecular weight excluding hydrogens is 370 g/mol. The maximum Gasteiger partial charge on any atom is 0.167 e. The third kappa shape index (κ3) is 2.61. The van der Waals surface area contributed by atoms with Crippen molar-refractivity contribution in [1.29, 1.82) is 0 Å². The quantitative estimate of drug-likeness (QED) is 0.560. The first kappa shape index (κ1) is 16.8. The Bertz CT molecular complexity index is 1200. The van der Waals surface area contributed by atoms with Gasteiger partial charge in [-0.15, -0.1) is 5.10 Å². The van der Waals surface area contributed by atoms with Crippen molar-refractivity contribution in [2.24, 2.45) is 0 Å². The molecule has 1 unspecified atom stereocenters. The number of phenols is 1. The smallest absolute Gasteiger partial charge is 0.167 e. The Labute approximate surface area is 156 Å². The molecule has 142 valence electrons. The number of hydrogen-bond donors (Lipinski definition) is 2. The first-order chi connectivity index (χ1) is 13.5. The maximum absolute atomic E-state index is 14.1. The highest BCUT2D eigenvalue weighted by Gasteiger charge is 2.32. The molecule has 0 aliphatic heterocycles. The van der Waals surface area contributed by atoms with Gasteiger partial charge in [-0.3, -0.25) is 9.38 Å². The normalized spacial score (nSPS) is 15.2. The zero-order chi connectivity index (χ0) is 19.4. The molecule has 1 aliphatic carbocycles. The van der Waals surface area contributed by atoms with Crippen LogP contribution in [-0.2, 0) is 0 Å². The number of halogens is 2. The number of aliphatic hydroxyl groups excluding tert-OH is 1. The van der Waals surface area contributed by atoms with E-state index in [0.717, 1.165) is 34.8 Å². The lowest BCUT2D eigenvalue weighted by Crippen LogP contribution is -2.11. The van der Waals surface area contributed by atoms with E-state index in [1.165, 1.54) is 6.20 Å². The highest BCUT2D eigenvalue weighted by Crippen LogP contribution is 2.42. The topological polar surface area (TPSA) is 101 Å². The predicted molar refractivity (Wildman–Crippen MR) is 92.0 cm³/mol. The summed E-state index contributed by atoms with van der Waals surface area (Å²) >= 11 is 0. The molecule has 4 aromatic rings. The Kier molecular flexibility index (Phi) is 3.63. The molecule has 1 atom stereocenters. The zero-order valence-corrected chi connectivity index (χ0v) is 14.4. The molecule has 2 N–H and O–H groups in total. The number of imidazole rings is 1. The highest BCUT2D eigenvalue weighted by atomic mass is 19.1. The van der Waals surface area contributed by atoms with Crippen LogP contribution in [0.15, 0.2) is 37.1 Å². The first-order valence-electron chi connectivity index (χ1n) is 8.62. The number of aliphatic hydroxyl groups is 1. The van der Waals surface area contributed by atoms with E-state index in [9.17, 15) is 19.0 Å². The third-order valence-electron chi connectivity index (χ3n) is 4.80. The van der Waals surface area contributed by atoms with Crippen LogP contribution in [0.1, 0.15) is 41.9 Å². The second-order valence-electron chi connectivity index (χ2n) is 6.74. The second-order valence-corrected chi connectivity index (χ2v) is 6.74. The Morgan fingerprint density at radius 2 is 1.96 bits per heavy atom. The average molecular weight is 384 g/mol. The summed E-state index contributed by atoms with van der Waals surface area (Å²) in [6, 6.07) is 1.47. The minimum atomic E-state index is -1.18. The fourth-order valence-electron chi connectivity index (χ4n) is 3.23. The van der Waals surface area contributed by atoms with Gasteiger partial charge in [0.15, 0.2) is 17.4 Å². The van der Waals surface area contributed by atoms with Crippen LogP contribution >= 0.6 is 0 Å². The fraction of sp³-hybridized carbons (Fsp3) is 0.222.